The van der Waals surface area contributed by atoms with Crippen LogP contribution in [0.1, 0.15) is 38.2 Å². The Kier molecular flexibility index (Phi) is 4.15. The summed E-state index contributed by atoms with van der Waals surface area (Å²) in [4.78, 5) is 7.61. The molecule has 2 rings (SSSR count). The highest BCUT2D eigenvalue weighted by Gasteiger charge is 2.19. The van der Waals surface area contributed by atoms with Gasteiger partial charge in [-0.1, -0.05) is 19.9 Å². The third-order valence-electron chi connectivity index (χ3n) is 2.97. The third kappa shape index (κ3) is 3.58. The number of hydrogen-bond acceptors (Lipinski definition) is 3. The van der Waals surface area contributed by atoms with Gasteiger partial charge in [0.15, 0.2) is 0 Å². The van der Waals surface area contributed by atoms with E-state index in [2.05, 4.69) is 14.7 Å². The van der Waals surface area contributed by atoms with Gasteiger partial charge in [-0.15, -0.1) is 0 Å². The molecule has 0 aliphatic carbocycles. The average molecular weight is 295 g/mol. The van der Waals surface area contributed by atoms with Crippen molar-refractivity contribution in [2.75, 3.05) is 5.75 Å². The number of nitrogens with zero attached hydrogens (tertiary/aromatic N) is 1. The summed E-state index contributed by atoms with van der Waals surface area (Å²) in [6.07, 6.45) is 0. The van der Waals surface area contributed by atoms with Crippen molar-refractivity contribution in [2.24, 2.45) is 5.92 Å². The van der Waals surface area contributed by atoms with Gasteiger partial charge in [-0.05, 0) is 37.5 Å². The fourth-order valence-electron chi connectivity index (χ4n) is 2.16. The van der Waals surface area contributed by atoms with Crippen molar-refractivity contribution >= 4 is 21.1 Å². The molecule has 2 N–H and O–H groups in total. The molecule has 1 aromatic carbocycles. The lowest BCUT2D eigenvalue weighted by atomic mass is 10.2. The van der Waals surface area contributed by atoms with Crippen molar-refractivity contribution in [1.29, 1.82) is 0 Å². The molecule has 0 spiro atoms. The average Bonchev–Trinajstić information content (AvgIpc) is 2.69. The molecule has 1 aromatic heterocycles. The number of nitrogens with one attached hydrogen (secondary N) is 2. The van der Waals surface area contributed by atoms with Crippen LogP contribution < -0.4 is 4.72 Å². The number of aromatic amines is 1. The van der Waals surface area contributed by atoms with Crippen LogP contribution in [0.5, 0.6) is 0 Å². The number of benzene rings is 1. The highest BCUT2D eigenvalue weighted by Crippen LogP contribution is 2.18. The molecule has 0 aliphatic heterocycles. The zero-order chi connectivity index (χ0) is 14.9. The Labute approximate surface area is 119 Å². The number of hydrogen-bond donors (Lipinski definition) is 2. The zero-order valence-electron chi connectivity index (χ0n) is 12.3. The second-order valence-electron chi connectivity index (χ2n) is 5.66. The Bertz CT molecular complexity index is 704. The van der Waals surface area contributed by atoms with Gasteiger partial charge in [-0.25, -0.2) is 18.1 Å². The smallest absolute Gasteiger partial charge is 0.212 e. The number of sulfonamides is 1. The van der Waals surface area contributed by atoms with Crippen LogP contribution in [-0.4, -0.2) is 24.1 Å². The van der Waals surface area contributed by atoms with Crippen LogP contribution in [0.2, 0.25) is 0 Å². The molecule has 20 heavy (non-hydrogen) atoms. The molecule has 1 heterocycles. The standard InChI is InChI=1S/C14H21N3O2S/c1-9(2)8-20(18,19)17-11(4)14-15-12-6-5-10(3)7-13(12)16-14/h5-7,9,11,17H,8H2,1-4H3,(H,15,16). The minimum Gasteiger partial charge on any atom is -0.341 e. The van der Waals surface area contributed by atoms with Gasteiger partial charge in [0.2, 0.25) is 10.0 Å². The van der Waals surface area contributed by atoms with E-state index < -0.39 is 10.0 Å². The molecular formula is C14H21N3O2S. The third-order valence-corrected chi connectivity index (χ3v) is 4.79. The lowest BCUT2D eigenvalue weighted by Crippen LogP contribution is -2.31. The van der Waals surface area contributed by atoms with Gasteiger partial charge in [-0.2, -0.15) is 0 Å². The van der Waals surface area contributed by atoms with Gasteiger partial charge < -0.3 is 4.98 Å². The van der Waals surface area contributed by atoms with E-state index in [0.29, 0.717) is 5.82 Å². The predicted molar refractivity (Wildman–Crippen MR) is 81.0 cm³/mol. The van der Waals surface area contributed by atoms with Crippen molar-refractivity contribution in [3.05, 3.63) is 29.6 Å². The van der Waals surface area contributed by atoms with Crippen LogP contribution in [0.15, 0.2) is 18.2 Å². The van der Waals surface area contributed by atoms with Gasteiger partial charge in [0, 0.05) is 0 Å². The minimum atomic E-state index is -3.28. The first-order chi connectivity index (χ1) is 9.27. The fourth-order valence-corrected chi connectivity index (χ4v) is 3.78. The van der Waals surface area contributed by atoms with Crippen molar-refractivity contribution < 1.29 is 8.42 Å². The van der Waals surface area contributed by atoms with E-state index in [1.807, 2.05) is 39.0 Å². The quantitative estimate of drug-likeness (QED) is 0.890. The number of aryl methyl sites for hydroxylation is 1. The number of imidazole rings is 1. The molecule has 0 radical (unpaired) electrons. The van der Waals surface area contributed by atoms with Crippen LogP contribution >= 0.6 is 0 Å². The van der Waals surface area contributed by atoms with Gasteiger partial charge in [0.25, 0.3) is 0 Å². The second-order valence-corrected chi connectivity index (χ2v) is 7.46. The van der Waals surface area contributed by atoms with Crippen LogP contribution in [0.25, 0.3) is 11.0 Å². The molecule has 5 nitrogen and oxygen atoms in total. The van der Waals surface area contributed by atoms with E-state index in [0.717, 1.165) is 16.6 Å². The summed E-state index contributed by atoms with van der Waals surface area (Å²) < 4.78 is 26.5. The summed E-state index contributed by atoms with van der Waals surface area (Å²) in [7, 11) is -3.28. The monoisotopic (exact) mass is 295 g/mol. The molecule has 2 aromatic rings. The van der Waals surface area contributed by atoms with Crippen molar-refractivity contribution in [3.8, 4) is 0 Å². The maximum Gasteiger partial charge on any atom is 0.212 e. The minimum absolute atomic E-state index is 0.0954. The number of fused-ring (bicyclic) bond motifs is 1. The molecule has 0 saturated carbocycles. The highest BCUT2D eigenvalue weighted by atomic mass is 32.2. The summed E-state index contributed by atoms with van der Waals surface area (Å²) in [5.41, 5.74) is 2.91. The number of H-pyrrole nitrogens is 1. The Balaban J connectivity index is 2.21. The molecule has 0 aliphatic rings. The largest absolute Gasteiger partial charge is 0.341 e. The van der Waals surface area contributed by atoms with Crippen molar-refractivity contribution in [3.63, 3.8) is 0 Å². The molecule has 1 atom stereocenters. The fraction of sp³-hybridized carbons (Fsp3) is 0.500. The Morgan fingerprint density at radius 1 is 1.30 bits per heavy atom. The van der Waals surface area contributed by atoms with Crippen LogP contribution in [0, 0.1) is 12.8 Å². The summed E-state index contributed by atoms with van der Waals surface area (Å²) in [5.74, 6) is 0.854. The molecule has 0 bridgehead atoms. The summed E-state index contributed by atoms with van der Waals surface area (Å²) in [6, 6.07) is 5.55. The first kappa shape index (κ1) is 15.0. The zero-order valence-corrected chi connectivity index (χ0v) is 13.1. The number of rotatable bonds is 5. The van der Waals surface area contributed by atoms with Gasteiger partial charge in [0.05, 0.1) is 22.8 Å². The van der Waals surface area contributed by atoms with Crippen LogP contribution in [-0.2, 0) is 10.0 Å². The SMILES string of the molecule is Cc1ccc2nc(C(C)NS(=O)(=O)CC(C)C)[nH]c2c1. The first-order valence-electron chi connectivity index (χ1n) is 6.73. The Hall–Kier alpha value is -1.40. The van der Waals surface area contributed by atoms with Crippen LogP contribution in [0.4, 0.5) is 0 Å². The lowest BCUT2D eigenvalue weighted by Gasteiger charge is -2.13. The summed E-state index contributed by atoms with van der Waals surface area (Å²) in [5, 5.41) is 0. The van der Waals surface area contributed by atoms with Crippen molar-refractivity contribution in [2.45, 2.75) is 33.7 Å². The molecule has 110 valence electrons. The molecule has 1 unspecified atom stereocenters. The molecule has 0 fully saturated rings. The van der Waals surface area contributed by atoms with Gasteiger partial charge in [0.1, 0.15) is 5.82 Å². The number of aromatic nitrogens is 2. The summed E-state index contributed by atoms with van der Waals surface area (Å²) in [6.45, 7) is 7.57. The van der Waals surface area contributed by atoms with E-state index in [1.165, 1.54) is 0 Å². The lowest BCUT2D eigenvalue weighted by molar-refractivity contribution is 0.550. The first-order valence-corrected chi connectivity index (χ1v) is 8.38. The molecule has 0 saturated heterocycles. The van der Waals surface area contributed by atoms with E-state index in [-0.39, 0.29) is 17.7 Å². The van der Waals surface area contributed by atoms with E-state index in [9.17, 15) is 8.42 Å². The predicted octanol–water partition coefficient (Wildman–Crippen LogP) is 2.51. The Morgan fingerprint density at radius 2 is 2.00 bits per heavy atom. The van der Waals surface area contributed by atoms with E-state index >= 15 is 0 Å². The maximum absolute atomic E-state index is 11.9. The van der Waals surface area contributed by atoms with Gasteiger partial charge in [-0.3, -0.25) is 0 Å². The van der Waals surface area contributed by atoms with E-state index in [4.69, 9.17) is 0 Å². The van der Waals surface area contributed by atoms with Gasteiger partial charge >= 0.3 is 0 Å². The summed E-state index contributed by atoms with van der Waals surface area (Å²) >= 11 is 0. The van der Waals surface area contributed by atoms with E-state index in [1.54, 1.807) is 6.92 Å². The Morgan fingerprint density at radius 3 is 2.65 bits per heavy atom. The molecule has 6 heteroatoms. The van der Waals surface area contributed by atoms with Crippen LogP contribution in [0.3, 0.4) is 0 Å². The highest BCUT2D eigenvalue weighted by molar-refractivity contribution is 7.89. The second kappa shape index (κ2) is 5.54. The maximum atomic E-state index is 11.9. The molecular weight excluding hydrogens is 274 g/mol. The topological polar surface area (TPSA) is 74.8 Å². The normalized spacial score (nSPS) is 14.1. The molecule has 0 amide bonds. The van der Waals surface area contributed by atoms with Crippen molar-refractivity contribution in [1.82, 2.24) is 14.7 Å².